The summed E-state index contributed by atoms with van der Waals surface area (Å²) in [5, 5.41) is 11.6. The number of nitrogens with zero attached hydrogens (tertiary/aromatic N) is 1. The van der Waals surface area contributed by atoms with Crippen molar-refractivity contribution in [3.05, 3.63) is 159 Å². The van der Waals surface area contributed by atoms with Crippen molar-refractivity contribution in [1.82, 2.24) is 0 Å². The minimum absolute atomic E-state index is 0. The van der Waals surface area contributed by atoms with Crippen LogP contribution in [0.4, 0.5) is 11.4 Å². The van der Waals surface area contributed by atoms with Crippen molar-refractivity contribution in [1.29, 1.82) is 0 Å². The molecule has 0 saturated carbocycles. The van der Waals surface area contributed by atoms with E-state index in [1.807, 2.05) is 106 Å². The molecule has 0 aromatic heterocycles. The summed E-state index contributed by atoms with van der Waals surface area (Å²) >= 11 is 8.69. The molecule has 6 aromatic rings. The molecular weight excluding hydrogens is 1230 g/mol. The Bertz CT molecular complexity index is 2760. The van der Waals surface area contributed by atoms with Gasteiger partial charge in [0.1, 0.15) is 11.5 Å². The molecule has 381 valence electrons. The maximum Gasteiger partial charge on any atom is 0.234 e. The standard InChI is InChI=1S/C16H18O3S2.C9H9NOS.C8H11N.C8H10O2S.C8H9OS.C2H6.2CH4.B2.W.Y/c1-11-5-7-14(8-6-11)21(17,18)20-16-10-12(2)15(19-4)9-13(16)3;1-6-4-9(11)7(2)3-8(6)10-5-12;1-6-3-4-7(2)8(9)5-6;1-7-3-5-8(6-4-7)11(2,9)10;1-6-5-7(9-2)3-4-8(6)10;1-2;;;1-2;;/h5-10H,1-4H3;3-4,11H,1-2H3;3-5H,9H2,1-2H3;3-6H,1-2H3;4-5,10H,1-2H3;1-2H3;2*1H4;;;/q;;;;-1;;;;;;. The fourth-order valence-electron chi connectivity index (χ4n) is 5.13. The van der Waals surface area contributed by atoms with Gasteiger partial charge >= 0.3 is 0 Å². The number of thiol groups is 1. The molecule has 0 fully saturated rings. The number of ether oxygens (including phenoxy) is 2. The summed E-state index contributed by atoms with van der Waals surface area (Å²) in [5.41, 5.74) is 16.4. The minimum Gasteiger partial charge on any atom is -0.523 e. The van der Waals surface area contributed by atoms with Crippen LogP contribution in [0.5, 0.6) is 17.2 Å². The Morgan fingerprint density at radius 3 is 1.59 bits per heavy atom. The normalized spacial score (nSPS) is 9.39. The number of sulfone groups is 1. The smallest absolute Gasteiger partial charge is 0.234 e. The predicted molar refractivity (Wildman–Crippen MR) is 304 cm³/mol. The van der Waals surface area contributed by atoms with Crippen molar-refractivity contribution in [2.45, 2.75) is 111 Å². The molecular formula is C53H71B2N2O7S5WY-. The first-order chi connectivity index (χ1) is 31.4. The molecule has 6 rings (SSSR count). The van der Waals surface area contributed by atoms with Gasteiger partial charge in [0, 0.05) is 103 Å². The van der Waals surface area contributed by atoms with Crippen LogP contribution in [-0.4, -0.2) is 63.1 Å². The van der Waals surface area contributed by atoms with Gasteiger partial charge in [-0.3, -0.25) is 0 Å². The third-order valence-electron chi connectivity index (χ3n) is 9.09. The van der Waals surface area contributed by atoms with Crippen LogP contribution in [-0.2, 0) is 72.5 Å². The van der Waals surface area contributed by atoms with Crippen LogP contribution < -0.4 is 15.2 Å². The van der Waals surface area contributed by atoms with Crippen molar-refractivity contribution in [2.75, 3.05) is 26.2 Å². The molecule has 0 aliphatic carbocycles. The van der Waals surface area contributed by atoms with Gasteiger partial charge in [0.05, 0.1) is 34.9 Å². The molecule has 6 aromatic carbocycles. The molecule has 0 bridgehead atoms. The van der Waals surface area contributed by atoms with E-state index in [1.54, 1.807) is 80.9 Å². The number of aromatic hydroxyl groups is 1. The van der Waals surface area contributed by atoms with E-state index in [4.69, 9.17) is 15.2 Å². The van der Waals surface area contributed by atoms with Crippen LogP contribution in [0.1, 0.15) is 78.8 Å². The molecule has 0 saturated heterocycles. The number of nitrogen functional groups attached to an aromatic ring is 1. The summed E-state index contributed by atoms with van der Waals surface area (Å²) in [6, 6.07) is 33.6. The Hall–Kier alpha value is -3.16. The van der Waals surface area contributed by atoms with E-state index in [2.05, 4.69) is 62.6 Å². The zero-order valence-electron chi connectivity index (χ0n) is 42.0. The number of isothiocyanates is 1. The van der Waals surface area contributed by atoms with E-state index in [1.165, 1.54) is 11.8 Å². The molecule has 0 aliphatic heterocycles. The number of thiocarbonyl (C=S) groups is 1. The summed E-state index contributed by atoms with van der Waals surface area (Å²) < 4.78 is 57.0. The number of phenolic OH excluding ortho intramolecular Hbond substituents is 1. The van der Waals surface area contributed by atoms with E-state index in [0.29, 0.717) is 9.79 Å². The van der Waals surface area contributed by atoms with E-state index >= 15 is 0 Å². The fraction of sp³-hybridized carbons (Fsp3) is 0.302. The molecule has 0 unspecified atom stereocenters. The Balaban J connectivity index is -0.000000256. The van der Waals surface area contributed by atoms with Gasteiger partial charge in [-0.05, 0) is 156 Å². The Labute approximate surface area is 485 Å². The van der Waals surface area contributed by atoms with E-state index < -0.39 is 18.7 Å². The predicted octanol–water partition coefficient (Wildman–Crippen LogP) is 13.8. The maximum atomic E-state index is 12.5. The van der Waals surface area contributed by atoms with Crippen LogP contribution in [0.3, 0.4) is 0 Å². The van der Waals surface area contributed by atoms with Crippen molar-refractivity contribution in [3.8, 4) is 17.2 Å². The minimum atomic E-state index is -3.41. The summed E-state index contributed by atoms with van der Waals surface area (Å²) in [6.45, 7) is 21.4. The van der Waals surface area contributed by atoms with Gasteiger partial charge in [0.25, 0.3) is 0 Å². The number of aryl methyl sites for hydroxylation is 9. The first kappa shape index (κ1) is 76.8. The number of methoxy groups -OCH3 is 2. The second kappa shape index (κ2) is 39.3. The number of nitrogens with two attached hydrogens (primary N) is 1. The van der Waals surface area contributed by atoms with Gasteiger partial charge < -0.3 is 20.3 Å². The van der Waals surface area contributed by atoms with Crippen molar-refractivity contribution in [3.63, 3.8) is 0 Å². The van der Waals surface area contributed by atoms with Gasteiger partial charge in [-0.15, -0.1) is 22.6 Å². The third-order valence-corrected chi connectivity index (χ3v) is 14.3. The number of hydrogen-bond acceptors (Lipinski definition) is 12. The molecule has 5 radical (unpaired) electrons. The fourth-order valence-corrected chi connectivity index (χ4v) is 9.07. The molecule has 18 heteroatoms. The molecule has 0 spiro atoms. The molecule has 0 heterocycles. The molecule has 0 aliphatic rings. The Kier molecular flexibility index (Phi) is 42.5. The van der Waals surface area contributed by atoms with Crippen LogP contribution in [0, 0.1) is 68.4 Å². The number of anilines is 1. The number of aliphatic imine (C=N–C) groups is 1. The molecule has 9 nitrogen and oxygen atoms in total. The van der Waals surface area contributed by atoms with Crippen LogP contribution in [0.2, 0.25) is 0 Å². The third kappa shape index (κ3) is 28.8. The van der Waals surface area contributed by atoms with Gasteiger partial charge in [0.15, 0.2) is 9.84 Å². The van der Waals surface area contributed by atoms with Gasteiger partial charge in [0.2, 0.25) is 8.87 Å². The van der Waals surface area contributed by atoms with E-state index in [9.17, 15) is 21.9 Å². The number of benzene rings is 6. The average molecular weight is 1300 g/mol. The van der Waals surface area contributed by atoms with Crippen LogP contribution in [0.25, 0.3) is 0 Å². The molecule has 3 N–H and O–H groups in total. The van der Waals surface area contributed by atoms with Crippen molar-refractivity contribution in [2.24, 2.45) is 4.99 Å². The van der Waals surface area contributed by atoms with Crippen molar-refractivity contribution >= 4 is 86.4 Å². The van der Waals surface area contributed by atoms with E-state index in [0.717, 1.165) is 88.0 Å². The number of rotatable bonds is 7. The molecule has 71 heavy (non-hydrogen) atoms. The summed E-state index contributed by atoms with van der Waals surface area (Å²) in [6.07, 6.45) is 1.21. The summed E-state index contributed by atoms with van der Waals surface area (Å²) in [7, 11) is 5.69. The molecule has 0 amide bonds. The molecule has 0 atom stereocenters. The topological polar surface area (TPSA) is 145 Å². The van der Waals surface area contributed by atoms with Gasteiger partial charge in [-0.25, -0.2) is 29.5 Å². The Morgan fingerprint density at radius 1 is 0.676 bits per heavy atom. The summed E-state index contributed by atoms with van der Waals surface area (Å²) in [4.78, 5) is 6.24. The van der Waals surface area contributed by atoms with Crippen LogP contribution in [0.15, 0.2) is 128 Å². The largest absolute Gasteiger partial charge is 0.523 e. The zero-order valence-corrected chi connectivity index (χ0v) is 51.9. The zero-order chi connectivity index (χ0) is 51.7. The first-order valence-electron chi connectivity index (χ1n) is 20.6. The number of phenols is 1. The quantitative estimate of drug-likeness (QED) is 0.0269. The van der Waals surface area contributed by atoms with Crippen LogP contribution >= 0.6 is 35.6 Å². The SMILES string of the molecule is C.C.CC.COc1[c-]cc(S)c(C)c1.COc1cc(C)c(SS(=O)(=O)c2ccc(C)cc2)cc1C.Cc1cc(N=C=S)c(C)cc1O.Cc1ccc(C)c(N)c1.Cc1ccc(S(C)(=O)=O)cc1.[B][B].[W].[Y]. The van der Waals surface area contributed by atoms with Gasteiger partial charge in [-0.2, -0.15) is 11.1 Å². The Morgan fingerprint density at radius 2 is 1.17 bits per heavy atom. The average Bonchev–Trinajstić information content (AvgIpc) is 3.28. The summed E-state index contributed by atoms with van der Waals surface area (Å²) in [5.74, 6) is 1.82. The number of hydrogen-bond donors (Lipinski definition) is 3. The second-order valence-corrected chi connectivity index (χ2v) is 21.1. The van der Waals surface area contributed by atoms with E-state index in [-0.39, 0.29) is 74.4 Å². The second-order valence-electron chi connectivity index (χ2n) is 14.6. The first-order valence-corrected chi connectivity index (χ1v) is 26.2. The van der Waals surface area contributed by atoms with Crippen molar-refractivity contribution < 1.29 is 85.2 Å². The maximum absolute atomic E-state index is 12.5. The van der Waals surface area contributed by atoms with Gasteiger partial charge in [-0.1, -0.05) is 83.1 Å². The monoisotopic (exact) mass is 1300 g/mol.